The Kier molecular flexibility index (Phi) is 37.5. The molecule has 0 aromatic heterocycles. The van der Waals surface area contributed by atoms with Crippen molar-refractivity contribution >= 4 is 83.1 Å². The summed E-state index contributed by atoms with van der Waals surface area (Å²) in [6, 6.07) is 4.57. The number of alkyl carbamates (subject to hydrolysis) is 1. The first-order valence-corrected chi connectivity index (χ1v) is 27.2. The number of aliphatic carboxylic acids is 1. The van der Waals surface area contributed by atoms with E-state index in [4.69, 9.17) is 31.4 Å². The van der Waals surface area contributed by atoms with Crippen LogP contribution in [0.2, 0.25) is 0 Å². The molecule has 444 valence electrons. The Bertz CT molecular complexity index is 2320. The molecular formula is C49H78IN12O16S-. The van der Waals surface area contributed by atoms with Crippen LogP contribution in [0.15, 0.2) is 53.5 Å². The number of nitrogens with one attached hydrogen (secondary N) is 4. The second-order valence-electron chi connectivity index (χ2n) is 15.5. The van der Waals surface area contributed by atoms with Crippen LogP contribution >= 0.6 is 11.8 Å². The number of thioether (sulfide) groups is 1. The summed E-state index contributed by atoms with van der Waals surface area (Å²) >= 11 is 0.878. The molecule has 4 rings (SSSR count). The number of carbonyl (C=O) groups is 12. The van der Waals surface area contributed by atoms with Gasteiger partial charge in [0.1, 0.15) is 12.4 Å². The summed E-state index contributed by atoms with van der Waals surface area (Å²) in [4.78, 5) is 148. The molecule has 3 aliphatic heterocycles. The standard InChI is InChI=1S/C31H48N8O9S.C8H10N2O3.C7H7NO4.CH4I.CH5N.CH4/c1-6-37(7-2)14-15-38(8-3)31(45)48-21-10-9-20(17-22(21)46-5)23(47-30(44)36-29(32)33)19-35-26(41)12-16-49-24-18-27(42)39(28(24)43)13-11-25(40)34-4;1-9-6(11)4-5-10-7(12)2-3-8(10)13;9-5-1-2-6(10)8(5)4-3-7(11)12;2*1-2;/h9-10,17-18,23,29H,6-8,11-16,19,32-33H2,1-5H3,(H,34,40)(H,35,41)(H,36,44);2-3H,4-5H2,1H3,(H,9,11);1-2H,3-4H2,(H,11,12);2H,1H3;2H2,1H3;1H4/q;;;-1;;/i;;;2D;;. The number of hydrogen-bond donors (Lipinski definition) is 8. The summed E-state index contributed by atoms with van der Waals surface area (Å²) in [6.45, 7) is 9.16. The van der Waals surface area contributed by atoms with E-state index < -0.39 is 60.1 Å². The van der Waals surface area contributed by atoms with Crippen molar-refractivity contribution in [1.82, 2.24) is 45.8 Å². The minimum atomic E-state index is -1.20. The summed E-state index contributed by atoms with van der Waals surface area (Å²) in [5.74, 6) is -4.08. The van der Waals surface area contributed by atoms with Crippen molar-refractivity contribution in [2.75, 3.05) is 97.8 Å². The molecule has 1 unspecified atom stereocenters. The fourth-order valence-corrected chi connectivity index (χ4v) is 7.30. The summed E-state index contributed by atoms with van der Waals surface area (Å²) in [5, 5.41) is 18.0. The number of amides is 11. The molecular weight excluding hydrogens is 1170 g/mol. The number of likely N-dealkylation sites (N-methyl/N-ethyl adjacent to an activating group) is 2. The SMILES string of the molecule is C.CCN(CC)CCN(CC)C(=O)Oc1ccc(C(CNC(=O)CCSC2=CC(=O)N(CCC(=O)NC)C2=O)OC(=O)NC(N)N)cc1OC.CN.CNC(=O)CCN1C(=O)C=CC1=O.O=C(O)CCN1C(=O)C=CC1=O.[2H][I-]C. The summed E-state index contributed by atoms with van der Waals surface area (Å²) in [6.07, 6.45) is 2.00. The van der Waals surface area contributed by atoms with Gasteiger partial charge in [0, 0.05) is 109 Å². The Labute approximate surface area is 478 Å². The van der Waals surface area contributed by atoms with Gasteiger partial charge in [0.05, 0.1) is 25.0 Å². The fourth-order valence-electron chi connectivity index (χ4n) is 6.37. The van der Waals surface area contributed by atoms with E-state index in [1.165, 1.54) is 58.6 Å². The Morgan fingerprint density at radius 3 is 1.71 bits per heavy atom. The zero-order valence-corrected chi connectivity index (χ0v) is 48.0. The number of rotatable bonds is 26. The van der Waals surface area contributed by atoms with Crippen LogP contribution in [0, 0.1) is 0 Å². The molecule has 30 heteroatoms. The van der Waals surface area contributed by atoms with Crippen LogP contribution in [0.3, 0.4) is 0 Å². The van der Waals surface area contributed by atoms with E-state index in [1.54, 1.807) is 11.0 Å². The van der Waals surface area contributed by atoms with Crippen LogP contribution < -0.4 is 70.3 Å². The van der Waals surface area contributed by atoms with Crippen LogP contribution in [-0.4, -0.2) is 206 Å². The number of carboxylic acids is 1. The number of ether oxygens (including phenoxy) is 3. The van der Waals surface area contributed by atoms with Crippen molar-refractivity contribution in [3.8, 4) is 11.5 Å². The normalized spacial score (nSPS) is 13.5. The molecule has 0 saturated carbocycles. The van der Waals surface area contributed by atoms with Gasteiger partial charge < -0.3 is 50.8 Å². The third kappa shape index (κ3) is 27.4. The number of imide groups is 3. The average Bonchev–Trinajstić information content (AvgIpc) is 4.03. The summed E-state index contributed by atoms with van der Waals surface area (Å²) in [5.41, 5.74) is 15.8. The van der Waals surface area contributed by atoms with Crippen molar-refractivity contribution in [1.29, 1.82) is 0.594 Å². The maximum absolute atomic E-state index is 13.0. The molecule has 3 heterocycles. The molecule has 11 N–H and O–H groups in total. The van der Waals surface area contributed by atoms with E-state index in [0.29, 0.717) is 25.2 Å². The van der Waals surface area contributed by atoms with Gasteiger partial charge in [-0.25, -0.2) is 9.59 Å². The van der Waals surface area contributed by atoms with Crippen LogP contribution in [-0.2, 0) is 52.7 Å². The third-order valence-corrected chi connectivity index (χ3v) is 11.6. The van der Waals surface area contributed by atoms with E-state index >= 15 is 0 Å². The van der Waals surface area contributed by atoms with Crippen molar-refractivity contribution < 1.29 is 99.2 Å². The van der Waals surface area contributed by atoms with Gasteiger partial charge >= 0.3 is 46.1 Å². The fraction of sp³-hybridized carbons (Fsp3) is 0.510. The number of hydrogen-bond acceptors (Lipinski definition) is 20. The Morgan fingerprint density at radius 2 is 1.25 bits per heavy atom. The van der Waals surface area contributed by atoms with Crippen molar-refractivity contribution in [2.24, 2.45) is 17.2 Å². The quantitative estimate of drug-likeness (QED) is 0.0190. The number of nitrogens with zero attached hydrogens (tertiary/aromatic N) is 5. The van der Waals surface area contributed by atoms with Crippen LogP contribution in [0.5, 0.6) is 11.5 Å². The molecule has 79 heavy (non-hydrogen) atoms. The van der Waals surface area contributed by atoms with Gasteiger partial charge in [-0.2, -0.15) is 0 Å². The summed E-state index contributed by atoms with van der Waals surface area (Å²) < 4.78 is 22.9. The first-order valence-electron chi connectivity index (χ1n) is 24.5. The molecule has 1 aromatic rings. The van der Waals surface area contributed by atoms with Crippen LogP contribution in [0.25, 0.3) is 0 Å². The number of carbonyl (C=O) groups excluding carboxylic acids is 11. The second-order valence-corrected chi connectivity index (χ2v) is 16.6. The molecule has 3 aliphatic rings. The van der Waals surface area contributed by atoms with Gasteiger partial charge in [-0.05, 0) is 44.8 Å². The Balaban J connectivity index is 0. The monoisotopic (exact) mass is 1250 g/mol. The van der Waals surface area contributed by atoms with E-state index in [1.807, 2.05) is 11.9 Å². The zero-order chi connectivity index (χ0) is 60.2. The third-order valence-electron chi connectivity index (χ3n) is 10.6. The first-order chi connectivity index (χ1) is 37.5. The van der Waals surface area contributed by atoms with Gasteiger partial charge in [-0.15, -0.1) is 11.8 Å². The van der Waals surface area contributed by atoms with E-state index in [-0.39, 0.29) is 127 Å². The number of benzene rings is 1. The van der Waals surface area contributed by atoms with Crippen molar-refractivity contribution in [3.63, 3.8) is 0 Å². The number of carboxylic acid groups (broad SMARTS) is 1. The molecule has 0 saturated heterocycles. The number of alkyl halides is 1. The molecule has 1 atom stereocenters. The van der Waals surface area contributed by atoms with E-state index in [2.05, 4.69) is 45.7 Å². The van der Waals surface area contributed by atoms with Gasteiger partial charge in [-0.3, -0.25) is 79.4 Å². The Morgan fingerprint density at radius 1 is 0.747 bits per heavy atom. The minimum absolute atomic E-state index is 0. The number of halogens is 1. The maximum atomic E-state index is 13.0. The summed E-state index contributed by atoms with van der Waals surface area (Å²) in [7, 11) is 5.86. The van der Waals surface area contributed by atoms with Crippen molar-refractivity contribution in [3.05, 3.63) is 59.0 Å². The van der Waals surface area contributed by atoms with Gasteiger partial charge in [-0.1, -0.05) is 27.3 Å². The molecule has 0 aliphatic carbocycles. The molecule has 28 nitrogen and oxygen atoms in total. The predicted molar refractivity (Wildman–Crippen MR) is 289 cm³/mol. The van der Waals surface area contributed by atoms with Crippen LogP contribution in [0.4, 0.5) is 9.59 Å². The van der Waals surface area contributed by atoms with Gasteiger partial charge in [0.2, 0.25) is 17.7 Å². The number of methoxy groups -OCH3 is 1. The van der Waals surface area contributed by atoms with Gasteiger partial charge in [0.15, 0.2) is 11.5 Å². The predicted octanol–water partition coefficient (Wildman–Crippen LogP) is -4.00. The van der Waals surface area contributed by atoms with E-state index in [9.17, 15) is 57.5 Å². The average molecular weight is 1250 g/mol. The molecule has 0 bridgehead atoms. The first kappa shape index (κ1) is 72.0. The van der Waals surface area contributed by atoms with Crippen LogP contribution in [0.1, 0.15) is 65.5 Å². The molecule has 0 radical (unpaired) electrons. The number of nitrogens with two attached hydrogens (primary N) is 3. The molecule has 11 amide bonds. The zero-order valence-electron chi connectivity index (χ0n) is 46.0. The molecule has 1 aromatic carbocycles. The van der Waals surface area contributed by atoms with Crippen molar-refractivity contribution in [2.45, 2.75) is 66.3 Å². The molecule has 0 fully saturated rings. The second kappa shape index (κ2) is 41.1. The topological polar surface area (TPSA) is 395 Å². The van der Waals surface area contributed by atoms with Gasteiger partial charge in [0.25, 0.3) is 35.4 Å². The van der Waals surface area contributed by atoms with E-state index in [0.717, 1.165) is 51.7 Å². The Hall–Kier alpha value is -7.00. The molecule has 0 spiro atoms.